The Bertz CT molecular complexity index is 1020. The van der Waals surface area contributed by atoms with E-state index in [1.165, 1.54) is 0 Å². The van der Waals surface area contributed by atoms with Gasteiger partial charge in [-0.25, -0.2) is 4.98 Å². The van der Waals surface area contributed by atoms with E-state index in [0.717, 1.165) is 16.8 Å². The number of benzene rings is 2. The first-order valence-corrected chi connectivity index (χ1v) is 7.39. The SMILES string of the molecule is O=c1ccn(Cc2ncc(-c3ccccc3)o2)c2ccccc12. The van der Waals surface area contributed by atoms with Gasteiger partial charge < -0.3 is 8.98 Å². The van der Waals surface area contributed by atoms with Gasteiger partial charge in [-0.15, -0.1) is 0 Å². The topological polar surface area (TPSA) is 48.0 Å². The molecule has 0 N–H and O–H groups in total. The standard InChI is InChI=1S/C19H14N2O2/c22-17-10-11-21(16-9-5-4-8-15(16)17)13-19-20-12-18(23-19)14-6-2-1-3-7-14/h1-12H,13H2. The number of hydrogen-bond donors (Lipinski definition) is 0. The van der Waals surface area contributed by atoms with Crippen LogP contribution in [0.5, 0.6) is 0 Å². The third kappa shape index (κ3) is 2.55. The molecule has 0 saturated heterocycles. The fraction of sp³-hybridized carbons (Fsp3) is 0.0526. The van der Waals surface area contributed by atoms with Crippen LogP contribution < -0.4 is 5.43 Å². The van der Waals surface area contributed by atoms with Gasteiger partial charge in [0.25, 0.3) is 0 Å². The van der Waals surface area contributed by atoms with Crippen molar-refractivity contribution in [1.82, 2.24) is 9.55 Å². The van der Waals surface area contributed by atoms with Gasteiger partial charge in [0, 0.05) is 23.2 Å². The Morgan fingerprint density at radius 2 is 1.74 bits per heavy atom. The van der Waals surface area contributed by atoms with Crippen LogP contribution in [0.1, 0.15) is 5.89 Å². The number of nitrogens with zero attached hydrogens (tertiary/aromatic N) is 2. The normalized spacial score (nSPS) is 11.0. The number of fused-ring (bicyclic) bond motifs is 1. The summed E-state index contributed by atoms with van der Waals surface area (Å²) in [6, 6.07) is 19.0. The fourth-order valence-corrected chi connectivity index (χ4v) is 2.66. The highest BCUT2D eigenvalue weighted by Gasteiger charge is 2.08. The fourth-order valence-electron chi connectivity index (χ4n) is 2.66. The van der Waals surface area contributed by atoms with E-state index in [4.69, 9.17) is 4.42 Å². The number of oxazole rings is 1. The molecule has 4 nitrogen and oxygen atoms in total. The van der Waals surface area contributed by atoms with E-state index < -0.39 is 0 Å². The van der Waals surface area contributed by atoms with Crippen molar-refractivity contribution in [2.45, 2.75) is 6.54 Å². The quantitative estimate of drug-likeness (QED) is 0.579. The van der Waals surface area contributed by atoms with E-state index in [2.05, 4.69) is 4.98 Å². The van der Waals surface area contributed by atoms with Crippen molar-refractivity contribution >= 4 is 10.9 Å². The summed E-state index contributed by atoms with van der Waals surface area (Å²) in [5, 5.41) is 0.699. The summed E-state index contributed by atoms with van der Waals surface area (Å²) in [4.78, 5) is 16.3. The van der Waals surface area contributed by atoms with Crippen molar-refractivity contribution in [2.75, 3.05) is 0 Å². The van der Waals surface area contributed by atoms with Crippen LogP contribution in [0.25, 0.3) is 22.2 Å². The summed E-state index contributed by atoms with van der Waals surface area (Å²) in [7, 11) is 0. The van der Waals surface area contributed by atoms with E-state index >= 15 is 0 Å². The van der Waals surface area contributed by atoms with Gasteiger partial charge in [-0.05, 0) is 12.1 Å². The van der Waals surface area contributed by atoms with Crippen LogP contribution in [0, 0.1) is 0 Å². The summed E-state index contributed by atoms with van der Waals surface area (Å²) in [6.07, 6.45) is 3.51. The molecule has 0 radical (unpaired) electrons. The van der Waals surface area contributed by atoms with Crippen molar-refractivity contribution < 1.29 is 4.42 Å². The van der Waals surface area contributed by atoms with E-state index in [9.17, 15) is 4.79 Å². The highest BCUT2D eigenvalue weighted by molar-refractivity contribution is 5.78. The minimum absolute atomic E-state index is 0.0224. The van der Waals surface area contributed by atoms with E-state index in [1.54, 1.807) is 18.5 Å². The number of para-hydroxylation sites is 1. The van der Waals surface area contributed by atoms with Gasteiger partial charge in [0.15, 0.2) is 11.2 Å². The number of aromatic nitrogens is 2. The molecule has 0 aliphatic rings. The predicted octanol–water partition coefficient (Wildman–Crippen LogP) is 3.70. The van der Waals surface area contributed by atoms with Gasteiger partial charge in [0.1, 0.15) is 0 Å². The van der Waals surface area contributed by atoms with Crippen LogP contribution >= 0.6 is 0 Å². The zero-order valence-electron chi connectivity index (χ0n) is 12.3. The molecule has 0 aliphatic carbocycles. The Labute approximate surface area is 132 Å². The first-order chi connectivity index (χ1) is 11.3. The summed E-state index contributed by atoms with van der Waals surface area (Å²) < 4.78 is 7.81. The Balaban J connectivity index is 1.71. The Morgan fingerprint density at radius 1 is 0.957 bits per heavy atom. The zero-order chi connectivity index (χ0) is 15.6. The lowest BCUT2D eigenvalue weighted by Gasteiger charge is -2.08. The molecule has 0 unspecified atom stereocenters. The molecule has 112 valence electrons. The van der Waals surface area contributed by atoms with E-state index in [1.807, 2.05) is 59.2 Å². The molecular weight excluding hydrogens is 288 g/mol. The van der Waals surface area contributed by atoms with Gasteiger partial charge in [0.05, 0.1) is 18.3 Å². The Hall–Kier alpha value is -3.14. The molecule has 0 aliphatic heterocycles. The minimum atomic E-state index is 0.0224. The average Bonchev–Trinajstić information content (AvgIpc) is 3.07. The van der Waals surface area contributed by atoms with Crippen molar-refractivity contribution in [3.8, 4) is 11.3 Å². The maximum Gasteiger partial charge on any atom is 0.214 e. The molecule has 0 bridgehead atoms. The Kier molecular flexibility index (Phi) is 3.27. The van der Waals surface area contributed by atoms with Crippen LogP contribution in [-0.2, 0) is 6.54 Å². The van der Waals surface area contributed by atoms with Crippen LogP contribution in [0.3, 0.4) is 0 Å². The molecule has 0 atom stereocenters. The summed E-state index contributed by atoms with van der Waals surface area (Å²) >= 11 is 0. The van der Waals surface area contributed by atoms with Crippen LogP contribution in [0.2, 0.25) is 0 Å². The summed E-state index contributed by atoms with van der Waals surface area (Å²) in [5.41, 5.74) is 1.89. The number of hydrogen-bond acceptors (Lipinski definition) is 3. The van der Waals surface area contributed by atoms with Crippen molar-refractivity contribution in [3.05, 3.63) is 89.2 Å². The summed E-state index contributed by atoms with van der Waals surface area (Å²) in [6.45, 7) is 0.480. The lowest BCUT2D eigenvalue weighted by Crippen LogP contribution is -2.08. The third-order valence-corrected chi connectivity index (χ3v) is 3.80. The van der Waals surface area contributed by atoms with Crippen LogP contribution in [0.15, 0.2) is 82.3 Å². The van der Waals surface area contributed by atoms with Crippen molar-refractivity contribution in [2.24, 2.45) is 0 Å². The van der Waals surface area contributed by atoms with Gasteiger partial charge in [-0.3, -0.25) is 4.79 Å². The molecule has 4 heteroatoms. The molecule has 0 spiro atoms. The number of pyridine rings is 1. The zero-order valence-corrected chi connectivity index (χ0v) is 12.3. The maximum absolute atomic E-state index is 11.9. The molecule has 4 aromatic rings. The molecule has 0 fully saturated rings. The summed E-state index contributed by atoms with van der Waals surface area (Å²) in [5.74, 6) is 1.35. The lowest BCUT2D eigenvalue weighted by atomic mass is 10.2. The lowest BCUT2D eigenvalue weighted by molar-refractivity contribution is 0.492. The second-order valence-corrected chi connectivity index (χ2v) is 5.31. The predicted molar refractivity (Wildman–Crippen MR) is 89.2 cm³/mol. The van der Waals surface area contributed by atoms with E-state index in [0.29, 0.717) is 17.8 Å². The second-order valence-electron chi connectivity index (χ2n) is 5.31. The number of rotatable bonds is 3. The first kappa shape index (κ1) is 13.5. The van der Waals surface area contributed by atoms with Crippen LogP contribution in [-0.4, -0.2) is 9.55 Å². The molecule has 0 amide bonds. The molecule has 2 aromatic heterocycles. The molecule has 2 aromatic carbocycles. The van der Waals surface area contributed by atoms with Crippen molar-refractivity contribution in [1.29, 1.82) is 0 Å². The van der Waals surface area contributed by atoms with Gasteiger partial charge >= 0.3 is 0 Å². The molecule has 23 heavy (non-hydrogen) atoms. The second kappa shape index (κ2) is 5.57. The Morgan fingerprint density at radius 3 is 2.61 bits per heavy atom. The highest BCUT2D eigenvalue weighted by atomic mass is 16.4. The molecular formula is C19H14N2O2. The monoisotopic (exact) mass is 302 g/mol. The molecule has 4 rings (SSSR count). The minimum Gasteiger partial charge on any atom is -0.439 e. The average molecular weight is 302 g/mol. The maximum atomic E-state index is 11.9. The van der Waals surface area contributed by atoms with E-state index in [-0.39, 0.29) is 5.43 Å². The first-order valence-electron chi connectivity index (χ1n) is 7.39. The van der Waals surface area contributed by atoms with Gasteiger partial charge in [-0.2, -0.15) is 0 Å². The third-order valence-electron chi connectivity index (χ3n) is 3.80. The van der Waals surface area contributed by atoms with Crippen molar-refractivity contribution in [3.63, 3.8) is 0 Å². The largest absolute Gasteiger partial charge is 0.439 e. The smallest absolute Gasteiger partial charge is 0.214 e. The van der Waals surface area contributed by atoms with Gasteiger partial charge in [0.2, 0.25) is 5.89 Å². The van der Waals surface area contributed by atoms with Crippen LogP contribution in [0.4, 0.5) is 0 Å². The molecule has 2 heterocycles. The molecule has 0 saturated carbocycles. The van der Waals surface area contributed by atoms with Gasteiger partial charge in [-0.1, -0.05) is 42.5 Å². The highest BCUT2D eigenvalue weighted by Crippen LogP contribution is 2.20.